The Morgan fingerprint density at radius 2 is 0.921 bits per heavy atom. The highest BCUT2D eigenvalue weighted by atomic mass is 32.1. The Morgan fingerprint density at radius 1 is 0.553 bits per heavy atom. The lowest BCUT2D eigenvalue weighted by Gasteiger charge is -2.26. The second-order valence-electron chi connectivity index (χ2n) is 10.1. The molecule has 4 aromatic rings. The standard InChI is InChI=1S/C32H30N2O2S2/c1-15-13-17(3)31(37)19(5)27(15)33-23-11-12-24(34-28-16(2)14-18(4)32(38)20(28)6)26-25(23)29(35)21-9-7-8-10-22(21)30(26)36/h7-14,33-34,37-38H,1-6H3. The van der Waals surface area contributed by atoms with Crippen LogP contribution in [0.15, 0.2) is 58.3 Å². The average molecular weight is 539 g/mol. The Hall–Kier alpha value is -3.48. The number of aryl methyl sites for hydroxylation is 4. The summed E-state index contributed by atoms with van der Waals surface area (Å²) in [4.78, 5) is 29.7. The van der Waals surface area contributed by atoms with Gasteiger partial charge in [0.25, 0.3) is 0 Å². The highest BCUT2D eigenvalue weighted by molar-refractivity contribution is 7.80. The van der Waals surface area contributed by atoms with E-state index >= 15 is 0 Å². The van der Waals surface area contributed by atoms with Crippen molar-refractivity contribution in [1.29, 1.82) is 0 Å². The van der Waals surface area contributed by atoms with Crippen molar-refractivity contribution in [3.8, 4) is 0 Å². The van der Waals surface area contributed by atoms with Crippen molar-refractivity contribution < 1.29 is 9.59 Å². The maximum absolute atomic E-state index is 13.9. The first-order chi connectivity index (χ1) is 18.0. The van der Waals surface area contributed by atoms with Gasteiger partial charge in [0.1, 0.15) is 0 Å². The third-order valence-corrected chi connectivity index (χ3v) is 8.83. The van der Waals surface area contributed by atoms with Crippen molar-refractivity contribution in [1.82, 2.24) is 0 Å². The van der Waals surface area contributed by atoms with Gasteiger partial charge in [0.2, 0.25) is 0 Å². The molecule has 0 atom stereocenters. The zero-order valence-electron chi connectivity index (χ0n) is 22.3. The first-order valence-corrected chi connectivity index (χ1v) is 13.4. The normalized spacial score (nSPS) is 12.3. The van der Waals surface area contributed by atoms with Gasteiger partial charge in [-0.25, -0.2) is 0 Å². The van der Waals surface area contributed by atoms with Gasteiger partial charge < -0.3 is 10.6 Å². The predicted molar refractivity (Wildman–Crippen MR) is 162 cm³/mol. The van der Waals surface area contributed by atoms with Gasteiger partial charge in [-0.1, -0.05) is 36.4 Å². The predicted octanol–water partition coefficient (Wildman–Crippen LogP) is 8.38. The number of benzene rings is 4. The molecule has 0 bridgehead atoms. The molecule has 1 aliphatic rings. The van der Waals surface area contributed by atoms with Gasteiger partial charge in [-0.3, -0.25) is 9.59 Å². The summed E-state index contributed by atoms with van der Waals surface area (Å²) < 4.78 is 0. The fourth-order valence-corrected chi connectivity index (χ4v) is 5.79. The van der Waals surface area contributed by atoms with Crippen LogP contribution in [-0.4, -0.2) is 11.6 Å². The summed E-state index contributed by atoms with van der Waals surface area (Å²) >= 11 is 9.38. The Labute approximate surface area is 234 Å². The quantitative estimate of drug-likeness (QED) is 0.174. The van der Waals surface area contributed by atoms with E-state index in [0.29, 0.717) is 33.6 Å². The molecule has 0 fully saturated rings. The molecule has 4 nitrogen and oxygen atoms in total. The Balaban J connectivity index is 1.73. The number of rotatable bonds is 4. The molecule has 0 spiro atoms. The highest BCUT2D eigenvalue weighted by Gasteiger charge is 2.34. The number of carbonyl (C=O) groups is 2. The van der Waals surface area contributed by atoms with E-state index in [4.69, 9.17) is 25.3 Å². The van der Waals surface area contributed by atoms with E-state index in [2.05, 4.69) is 22.8 Å². The summed E-state index contributed by atoms with van der Waals surface area (Å²) in [5.41, 5.74) is 10.7. The summed E-state index contributed by atoms with van der Waals surface area (Å²) in [6.45, 7) is 12.1. The SMILES string of the molecule is Cc1cc(C)c(Nc2ccc(Nc3c(C)cc(C)c(S)c3C)c3c2C(=O)c2ccccc2C3=O)c(C)c1S. The van der Waals surface area contributed by atoms with Gasteiger partial charge >= 0.3 is 0 Å². The van der Waals surface area contributed by atoms with E-state index < -0.39 is 0 Å². The Kier molecular flexibility index (Phi) is 6.66. The zero-order valence-corrected chi connectivity index (χ0v) is 24.1. The van der Waals surface area contributed by atoms with E-state index in [9.17, 15) is 9.59 Å². The highest BCUT2D eigenvalue weighted by Crippen LogP contribution is 2.41. The van der Waals surface area contributed by atoms with Gasteiger partial charge in [-0.2, -0.15) is 0 Å². The van der Waals surface area contributed by atoms with E-state index in [-0.39, 0.29) is 11.6 Å². The molecule has 0 heterocycles. The number of anilines is 4. The van der Waals surface area contributed by atoms with E-state index in [0.717, 1.165) is 54.5 Å². The van der Waals surface area contributed by atoms with Crippen LogP contribution >= 0.6 is 25.3 Å². The fourth-order valence-electron chi connectivity index (χ4n) is 5.44. The van der Waals surface area contributed by atoms with Crippen LogP contribution in [-0.2, 0) is 0 Å². The number of hydrogen-bond acceptors (Lipinski definition) is 6. The summed E-state index contributed by atoms with van der Waals surface area (Å²) in [6.07, 6.45) is 0. The minimum Gasteiger partial charge on any atom is -0.354 e. The molecule has 0 amide bonds. The van der Waals surface area contributed by atoms with Gasteiger partial charge in [0, 0.05) is 32.3 Å². The number of hydrogen-bond donors (Lipinski definition) is 4. The van der Waals surface area contributed by atoms with Crippen LogP contribution in [0.4, 0.5) is 22.7 Å². The molecule has 192 valence electrons. The van der Waals surface area contributed by atoms with E-state index in [1.54, 1.807) is 24.3 Å². The molecule has 0 aliphatic heterocycles. The molecule has 0 saturated heterocycles. The molecule has 0 radical (unpaired) electrons. The van der Waals surface area contributed by atoms with Crippen LogP contribution in [0, 0.1) is 41.5 Å². The maximum atomic E-state index is 13.9. The lowest BCUT2D eigenvalue weighted by molar-refractivity contribution is 0.0980. The van der Waals surface area contributed by atoms with Crippen molar-refractivity contribution >= 4 is 59.6 Å². The molecule has 0 saturated carbocycles. The summed E-state index contributed by atoms with van der Waals surface area (Å²) in [6, 6.07) is 14.9. The number of thiol groups is 2. The van der Waals surface area contributed by atoms with Gasteiger partial charge in [-0.05, 0) is 87.1 Å². The molecule has 38 heavy (non-hydrogen) atoms. The molecule has 2 N–H and O–H groups in total. The molecule has 0 aromatic heterocycles. The Morgan fingerprint density at radius 3 is 1.29 bits per heavy atom. The van der Waals surface area contributed by atoms with Gasteiger partial charge in [0.15, 0.2) is 11.6 Å². The zero-order chi connectivity index (χ0) is 27.5. The van der Waals surface area contributed by atoms with Crippen LogP contribution in [0.3, 0.4) is 0 Å². The smallest absolute Gasteiger partial charge is 0.196 e. The second-order valence-corrected chi connectivity index (χ2v) is 11.0. The third-order valence-electron chi connectivity index (χ3n) is 7.46. The fraction of sp³-hybridized carbons (Fsp3) is 0.188. The monoisotopic (exact) mass is 538 g/mol. The summed E-state index contributed by atoms with van der Waals surface area (Å²) in [5.74, 6) is -0.357. The lowest BCUT2D eigenvalue weighted by Crippen LogP contribution is -2.23. The molecule has 0 unspecified atom stereocenters. The van der Waals surface area contributed by atoms with Crippen molar-refractivity contribution in [2.45, 2.75) is 51.3 Å². The number of nitrogens with one attached hydrogen (secondary N) is 2. The Bertz CT molecular complexity index is 1560. The minimum atomic E-state index is -0.179. The van der Waals surface area contributed by atoms with Crippen molar-refractivity contribution in [3.05, 3.63) is 104 Å². The van der Waals surface area contributed by atoms with Crippen molar-refractivity contribution in [3.63, 3.8) is 0 Å². The van der Waals surface area contributed by atoms with Crippen molar-refractivity contribution in [2.75, 3.05) is 10.6 Å². The molecular formula is C32H30N2O2S2. The first-order valence-electron chi connectivity index (χ1n) is 12.5. The van der Waals surface area contributed by atoms with Crippen LogP contribution in [0.5, 0.6) is 0 Å². The number of ketones is 2. The van der Waals surface area contributed by atoms with Gasteiger partial charge in [0.05, 0.1) is 22.5 Å². The van der Waals surface area contributed by atoms with Crippen LogP contribution < -0.4 is 10.6 Å². The first kappa shape index (κ1) is 26.1. The minimum absolute atomic E-state index is 0.179. The van der Waals surface area contributed by atoms with Crippen molar-refractivity contribution in [2.24, 2.45) is 0 Å². The van der Waals surface area contributed by atoms with E-state index in [1.807, 2.05) is 53.7 Å². The van der Waals surface area contributed by atoms with Crippen LogP contribution in [0.2, 0.25) is 0 Å². The molecular weight excluding hydrogens is 508 g/mol. The van der Waals surface area contributed by atoms with Gasteiger partial charge in [-0.15, -0.1) is 25.3 Å². The molecule has 1 aliphatic carbocycles. The lowest BCUT2D eigenvalue weighted by atomic mass is 9.82. The largest absolute Gasteiger partial charge is 0.354 e. The number of fused-ring (bicyclic) bond motifs is 2. The van der Waals surface area contributed by atoms with E-state index in [1.165, 1.54) is 0 Å². The summed E-state index contributed by atoms with van der Waals surface area (Å²) in [5, 5.41) is 6.97. The molecule has 4 aromatic carbocycles. The maximum Gasteiger partial charge on any atom is 0.196 e. The molecule has 5 rings (SSSR count). The number of carbonyl (C=O) groups excluding carboxylic acids is 2. The average Bonchev–Trinajstić information content (AvgIpc) is 2.89. The summed E-state index contributed by atoms with van der Waals surface area (Å²) in [7, 11) is 0. The topological polar surface area (TPSA) is 58.2 Å². The molecule has 6 heteroatoms. The second kappa shape index (κ2) is 9.68. The third kappa shape index (κ3) is 4.12. The van der Waals surface area contributed by atoms with Crippen LogP contribution in [0.1, 0.15) is 65.2 Å². The van der Waals surface area contributed by atoms with Crippen LogP contribution in [0.25, 0.3) is 0 Å².